The quantitative estimate of drug-likeness (QED) is 0.373. The SMILES string of the molecule is COc1ccc(S(=O)(=O)N2CCN(C(=O)CCCOc3ccc(C(C)=O)cc3OC)CC2)cc1. The molecule has 0 saturated carbocycles. The molecular formula is C24H30N2O7S. The number of sulfonamides is 1. The number of rotatable bonds is 10. The maximum atomic E-state index is 12.9. The Morgan fingerprint density at radius 2 is 1.59 bits per heavy atom. The summed E-state index contributed by atoms with van der Waals surface area (Å²) in [5.41, 5.74) is 0.535. The summed E-state index contributed by atoms with van der Waals surface area (Å²) < 4.78 is 43.2. The molecule has 9 nitrogen and oxygen atoms in total. The van der Waals surface area contributed by atoms with E-state index in [9.17, 15) is 18.0 Å². The van der Waals surface area contributed by atoms with Crippen LogP contribution in [0.25, 0.3) is 0 Å². The Morgan fingerprint density at radius 1 is 0.912 bits per heavy atom. The molecule has 0 spiro atoms. The molecule has 2 aromatic rings. The number of methoxy groups -OCH3 is 2. The van der Waals surface area contributed by atoms with Gasteiger partial charge in [-0.3, -0.25) is 9.59 Å². The van der Waals surface area contributed by atoms with Gasteiger partial charge in [0.25, 0.3) is 0 Å². The van der Waals surface area contributed by atoms with E-state index in [4.69, 9.17) is 14.2 Å². The lowest BCUT2D eigenvalue weighted by atomic mass is 10.1. The molecule has 1 aliphatic heterocycles. The summed E-state index contributed by atoms with van der Waals surface area (Å²) in [6, 6.07) is 11.2. The summed E-state index contributed by atoms with van der Waals surface area (Å²) >= 11 is 0. The molecule has 3 rings (SSSR count). The highest BCUT2D eigenvalue weighted by Crippen LogP contribution is 2.28. The van der Waals surface area contributed by atoms with E-state index in [1.165, 1.54) is 37.6 Å². The largest absolute Gasteiger partial charge is 0.497 e. The fourth-order valence-corrected chi connectivity index (χ4v) is 5.07. The van der Waals surface area contributed by atoms with Crippen molar-refractivity contribution in [1.82, 2.24) is 9.21 Å². The van der Waals surface area contributed by atoms with Crippen LogP contribution in [0.4, 0.5) is 0 Å². The lowest BCUT2D eigenvalue weighted by Gasteiger charge is -2.34. The van der Waals surface area contributed by atoms with E-state index in [0.717, 1.165) is 0 Å². The Balaban J connectivity index is 1.45. The first-order chi connectivity index (χ1) is 16.3. The molecule has 10 heteroatoms. The van der Waals surface area contributed by atoms with E-state index < -0.39 is 10.0 Å². The van der Waals surface area contributed by atoms with Crippen LogP contribution in [0.2, 0.25) is 0 Å². The predicted molar refractivity (Wildman–Crippen MR) is 126 cm³/mol. The zero-order valence-corrected chi connectivity index (χ0v) is 20.5. The number of carbonyl (C=O) groups is 2. The molecule has 1 saturated heterocycles. The molecule has 0 bridgehead atoms. The minimum absolute atomic E-state index is 0.0380. The second-order valence-electron chi connectivity index (χ2n) is 7.83. The minimum Gasteiger partial charge on any atom is -0.497 e. The molecule has 0 N–H and O–H groups in total. The lowest BCUT2D eigenvalue weighted by Crippen LogP contribution is -2.50. The van der Waals surface area contributed by atoms with Crippen LogP contribution in [-0.4, -0.2) is 76.3 Å². The molecule has 1 amide bonds. The number of ketones is 1. The maximum absolute atomic E-state index is 12.9. The number of piperazine rings is 1. The van der Waals surface area contributed by atoms with Gasteiger partial charge in [-0.05, 0) is 55.8 Å². The van der Waals surface area contributed by atoms with Gasteiger partial charge in [-0.15, -0.1) is 0 Å². The molecule has 0 radical (unpaired) electrons. The van der Waals surface area contributed by atoms with Crippen LogP contribution in [-0.2, 0) is 14.8 Å². The smallest absolute Gasteiger partial charge is 0.243 e. The fourth-order valence-electron chi connectivity index (χ4n) is 3.64. The monoisotopic (exact) mass is 490 g/mol. The Kier molecular flexibility index (Phi) is 8.51. The molecule has 2 aromatic carbocycles. The molecular weight excluding hydrogens is 460 g/mol. The Morgan fingerprint density at radius 3 is 2.18 bits per heavy atom. The first kappa shape index (κ1) is 25.5. The van der Waals surface area contributed by atoms with Crippen molar-refractivity contribution in [2.75, 3.05) is 47.0 Å². The number of hydrogen-bond donors (Lipinski definition) is 0. The first-order valence-electron chi connectivity index (χ1n) is 11.0. The molecule has 1 heterocycles. The van der Waals surface area contributed by atoms with Crippen molar-refractivity contribution in [3.05, 3.63) is 48.0 Å². The van der Waals surface area contributed by atoms with E-state index >= 15 is 0 Å². The van der Waals surface area contributed by atoms with Crippen molar-refractivity contribution in [3.8, 4) is 17.2 Å². The number of amides is 1. The van der Waals surface area contributed by atoms with E-state index in [1.54, 1.807) is 35.2 Å². The molecule has 0 unspecified atom stereocenters. The third-order valence-electron chi connectivity index (χ3n) is 5.65. The van der Waals surface area contributed by atoms with Gasteiger partial charge in [0.1, 0.15) is 5.75 Å². The Hall–Kier alpha value is -3.11. The van der Waals surface area contributed by atoms with Crippen molar-refractivity contribution >= 4 is 21.7 Å². The molecule has 34 heavy (non-hydrogen) atoms. The number of benzene rings is 2. The maximum Gasteiger partial charge on any atom is 0.243 e. The normalized spacial score (nSPS) is 14.5. The van der Waals surface area contributed by atoms with Crippen LogP contribution in [0.5, 0.6) is 17.2 Å². The Bertz CT molecular complexity index is 1110. The minimum atomic E-state index is -3.62. The van der Waals surface area contributed by atoms with Crippen LogP contribution >= 0.6 is 0 Å². The van der Waals surface area contributed by atoms with E-state index in [0.29, 0.717) is 55.4 Å². The summed E-state index contributed by atoms with van der Waals surface area (Å²) in [7, 11) is -0.589. The number of Topliss-reactive ketones (excluding diaryl/α,β-unsaturated/α-hetero) is 1. The zero-order valence-electron chi connectivity index (χ0n) is 19.7. The van der Waals surface area contributed by atoms with Gasteiger partial charge >= 0.3 is 0 Å². The summed E-state index contributed by atoms with van der Waals surface area (Å²) in [4.78, 5) is 26.0. The predicted octanol–water partition coefficient (Wildman–Crippen LogP) is 2.60. The second-order valence-corrected chi connectivity index (χ2v) is 9.77. The van der Waals surface area contributed by atoms with Crippen LogP contribution < -0.4 is 14.2 Å². The summed E-state index contributed by atoms with van der Waals surface area (Å²) in [6.45, 7) is 2.97. The van der Waals surface area contributed by atoms with Gasteiger partial charge in [-0.2, -0.15) is 4.31 Å². The van der Waals surface area contributed by atoms with Crippen molar-refractivity contribution in [3.63, 3.8) is 0 Å². The standard InChI is InChI=1S/C24H30N2O7S/c1-18(27)19-6-11-22(23(17-19)32-3)33-16-4-5-24(28)25-12-14-26(15-13-25)34(29,30)21-9-7-20(31-2)8-10-21/h6-11,17H,4-5,12-16H2,1-3H3. The number of ether oxygens (including phenoxy) is 3. The van der Waals surface area contributed by atoms with E-state index in [1.807, 2.05) is 0 Å². The van der Waals surface area contributed by atoms with E-state index in [-0.39, 0.29) is 29.7 Å². The van der Waals surface area contributed by atoms with Gasteiger partial charge in [0, 0.05) is 38.2 Å². The molecule has 1 aliphatic rings. The van der Waals surface area contributed by atoms with Crippen molar-refractivity contribution in [2.24, 2.45) is 0 Å². The Labute approximate surface area is 200 Å². The van der Waals surface area contributed by atoms with Crippen molar-refractivity contribution in [2.45, 2.75) is 24.7 Å². The van der Waals surface area contributed by atoms with Gasteiger partial charge in [0.05, 0.1) is 25.7 Å². The highest BCUT2D eigenvalue weighted by Gasteiger charge is 2.30. The third kappa shape index (κ3) is 6.06. The van der Waals surface area contributed by atoms with Crippen LogP contribution in [0.15, 0.2) is 47.4 Å². The third-order valence-corrected chi connectivity index (χ3v) is 7.56. The molecule has 0 atom stereocenters. The van der Waals surface area contributed by atoms with Crippen LogP contribution in [0.1, 0.15) is 30.1 Å². The van der Waals surface area contributed by atoms with Gasteiger partial charge in [0.2, 0.25) is 15.9 Å². The zero-order chi connectivity index (χ0) is 24.7. The van der Waals surface area contributed by atoms with Crippen LogP contribution in [0.3, 0.4) is 0 Å². The highest BCUT2D eigenvalue weighted by molar-refractivity contribution is 7.89. The first-order valence-corrected chi connectivity index (χ1v) is 12.4. The van der Waals surface area contributed by atoms with Gasteiger partial charge < -0.3 is 19.1 Å². The fraction of sp³-hybridized carbons (Fsp3) is 0.417. The molecule has 0 aliphatic carbocycles. The summed E-state index contributed by atoms with van der Waals surface area (Å²) in [5.74, 6) is 1.46. The average molecular weight is 491 g/mol. The highest BCUT2D eigenvalue weighted by atomic mass is 32.2. The number of carbonyl (C=O) groups excluding carboxylic acids is 2. The average Bonchev–Trinajstić information content (AvgIpc) is 2.86. The van der Waals surface area contributed by atoms with Gasteiger partial charge in [-0.25, -0.2) is 8.42 Å². The lowest BCUT2D eigenvalue weighted by molar-refractivity contribution is -0.132. The second kappa shape index (κ2) is 11.3. The van der Waals surface area contributed by atoms with Gasteiger partial charge in [-0.1, -0.05) is 0 Å². The molecule has 184 valence electrons. The van der Waals surface area contributed by atoms with Crippen molar-refractivity contribution in [1.29, 1.82) is 0 Å². The van der Waals surface area contributed by atoms with E-state index in [2.05, 4.69) is 0 Å². The number of nitrogens with zero attached hydrogens (tertiary/aromatic N) is 2. The molecule has 1 fully saturated rings. The van der Waals surface area contributed by atoms with Crippen LogP contribution in [0, 0.1) is 0 Å². The van der Waals surface area contributed by atoms with Crippen molar-refractivity contribution < 1.29 is 32.2 Å². The van der Waals surface area contributed by atoms with Gasteiger partial charge in [0.15, 0.2) is 17.3 Å². The summed E-state index contributed by atoms with van der Waals surface area (Å²) in [5, 5.41) is 0. The summed E-state index contributed by atoms with van der Waals surface area (Å²) in [6.07, 6.45) is 0.792. The topological polar surface area (TPSA) is 102 Å². The molecule has 0 aromatic heterocycles. The number of hydrogen-bond acceptors (Lipinski definition) is 7.